The van der Waals surface area contributed by atoms with Crippen LogP contribution in [0.2, 0.25) is 0 Å². The van der Waals surface area contributed by atoms with Crippen molar-refractivity contribution in [3.05, 3.63) is 11.6 Å². The number of hydrogen-bond acceptors (Lipinski definition) is 4. The predicted molar refractivity (Wildman–Crippen MR) is 44.2 cm³/mol. The Kier molecular flexibility index (Phi) is 5.54. The minimum atomic E-state index is -1.29. The number of hydrogen-bond donors (Lipinski definition) is 1. The molecule has 0 bridgehead atoms. The largest absolute Gasteiger partial charge is 0.477 e. The number of carbonyl (C=O) groups is 2. The van der Waals surface area contributed by atoms with Crippen molar-refractivity contribution in [2.75, 3.05) is 20.3 Å². The zero-order valence-corrected chi connectivity index (χ0v) is 7.57. The van der Waals surface area contributed by atoms with Crippen molar-refractivity contribution in [3.63, 3.8) is 0 Å². The Morgan fingerprint density at radius 2 is 2.00 bits per heavy atom. The van der Waals surface area contributed by atoms with Gasteiger partial charge in [0.15, 0.2) is 0 Å². The summed E-state index contributed by atoms with van der Waals surface area (Å²) >= 11 is 0. The highest BCUT2D eigenvalue weighted by molar-refractivity contribution is 6.13. The molecule has 0 spiro atoms. The Hall–Kier alpha value is -1.36. The molecule has 0 radical (unpaired) electrons. The summed E-state index contributed by atoms with van der Waals surface area (Å²) in [5, 5.41) is 8.50. The van der Waals surface area contributed by atoms with Crippen molar-refractivity contribution in [3.8, 4) is 0 Å². The van der Waals surface area contributed by atoms with Gasteiger partial charge in [-0.25, -0.2) is 9.59 Å². The van der Waals surface area contributed by atoms with E-state index in [0.717, 1.165) is 0 Å². The van der Waals surface area contributed by atoms with E-state index < -0.39 is 11.9 Å². The van der Waals surface area contributed by atoms with Crippen LogP contribution >= 0.6 is 0 Å². The lowest BCUT2D eigenvalue weighted by atomic mass is 10.2. The van der Waals surface area contributed by atoms with Crippen LogP contribution in [-0.4, -0.2) is 37.4 Å². The smallest absolute Gasteiger partial charge is 0.345 e. The Morgan fingerprint density at radius 1 is 1.38 bits per heavy atom. The summed E-state index contributed by atoms with van der Waals surface area (Å²) in [6, 6.07) is 0. The Morgan fingerprint density at radius 3 is 2.38 bits per heavy atom. The number of allylic oxidation sites excluding steroid dienone is 1. The summed E-state index contributed by atoms with van der Waals surface area (Å²) in [5.74, 6) is -2.13. The quantitative estimate of drug-likeness (QED) is 0.219. The maximum absolute atomic E-state index is 11.0. The average Bonchev–Trinajstić information content (AvgIpc) is 2.05. The lowest BCUT2D eigenvalue weighted by Crippen LogP contribution is -2.17. The molecule has 0 unspecified atom stereocenters. The van der Waals surface area contributed by atoms with Gasteiger partial charge in [0.05, 0.1) is 6.61 Å². The van der Waals surface area contributed by atoms with Gasteiger partial charge in [-0.1, -0.05) is 6.08 Å². The third-order valence-corrected chi connectivity index (χ3v) is 1.26. The van der Waals surface area contributed by atoms with Crippen molar-refractivity contribution in [2.45, 2.75) is 6.92 Å². The third-order valence-electron chi connectivity index (χ3n) is 1.26. The number of carbonyl (C=O) groups excluding carboxylic acids is 1. The van der Waals surface area contributed by atoms with Crippen LogP contribution in [0, 0.1) is 0 Å². The van der Waals surface area contributed by atoms with Crippen LogP contribution in [0.4, 0.5) is 0 Å². The van der Waals surface area contributed by atoms with Gasteiger partial charge < -0.3 is 14.6 Å². The summed E-state index contributed by atoms with van der Waals surface area (Å²) < 4.78 is 9.21. The summed E-state index contributed by atoms with van der Waals surface area (Å²) in [5.41, 5.74) is -0.365. The van der Waals surface area contributed by atoms with Gasteiger partial charge in [0, 0.05) is 7.11 Å². The molecule has 0 atom stereocenters. The molecule has 0 aliphatic rings. The van der Waals surface area contributed by atoms with Gasteiger partial charge in [-0.3, -0.25) is 0 Å². The number of carboxylic acid groups (broad SMARTS) is 1. The number of rotatable bonds is 5. The second kappa shape index (κ2) is 6.19. The first-order valence-corrected chi connectivity index (χ1v) is 3.69. The Balaban J connectivity index is 4.02. The standard InChI is InChI=1S/C8H12O5/c1-3-6(7(9)10)8(11)13-5-4-12-2/h3H,4-5H2,1-2H3,(H,9,10). The first-order chi connectivity index (χ1) is 6.13. The van der Waals surface area contributed by atoms with Gasteiger partial charge in [-0.05, 0) is 6.92 Å². The molecule has 0 aromatic heterocycles. The molecule has 0 fully saturated rings. The van der Waals surface area contributed by atoms with E-state index in [9.17, 15) is 9.59 Å². The summed E-state index contributed by atoms with van der Waals surface area (Å²) in [6.07, 6.45) is 1.19. The van der Waals surface area contributed by atoms with Crippen LogP contribution in [0.15, 0.2) is 11.6 Å². The highest BCUT2D eigenvalue weighted by atomic mass is 16.6. The fourth-order valence-corrected chi connectivity index (χ4v) is 0.624. The van der Waals surface area contributed by atoms with E-state index in [1.165, 1.54) is 20.1 Å². The second-order valence-corrected chi connectivity index (χ2v) is 2.14. The normalized spacial score (nSPS) is 11.1. The highest BCUT2D eigenvalue weighted by Gasteiger charge is 2.16. The number of carboxylic acids is 1. The van der Waals surface area contributed by atoms with E-state index in [2.05, 4.69) is 9.47 Å². The molecule has 0 aromatic rings. The van der Waals surface area contributed by atoms with Crippen molar-refractivity contribution in [2.24, 2.45) is 0 Å². The number of esters is 1. The summed E-state index contributed by atoms with van der Waals surface area (Å²) in [4.78, 5) is 21.4. The number of aliphatic carboxylic acids is 1. The fourth-order valence-electron chi connectivity index (χ4n) is 0.624. The molecule has 0 heterocycles. The monoisotopic (exact) mass is 188 g/mol. The SMILES string of the molecule is CC=C(C(=O)O)C(=O)OCCOC. The van der Waals surface area contributed by atoms with Crippen LogP contribution in [0.3, 0.4) is 0 Å². The molecule has 0 aliphatic heterocycles. The van der Waals surface area contributed by atoms with E-state index in [-0.39, 0.29) is 18.8 Å². The van der Waals surface area contributed by atoms with Crippen LogP contribution in [0.25, 0.3) is 0 Å². The van der Waals surface area contributed by atoms with Gasteiger partial charge in [-0.15, -0.1) is 0 Å². The zero-order valence-electron chi connectivity index (χ0n) is 7.57. The van der Waals surface area contributed by atoms with Gasteiger partial charge in [0.25, 0.3) is 0 Å². The molecular formula is C8H12O5. The minimum absolute atomic E-state index is 0.0555. The van der Waals surface area contributed by atoms with Crippen LogP contribution in [0.5, 0.6) is 0 Å². The predicted octanol–water partition coefficient (Wildman–Crippen LogP) is 0.207. The molecular weight excluding hydrogens is 176 g/mol. The first kappa shape index (κ1) is 11.6. The van der Waals surface area contributed by atoms with E-state index in [0.29, 0.717) is 0 Å². The molecule has 0 rings (SSSR count). The molecule has 0 amide bonds. The molecule has 0 aromatic carbocycles. The van der Waals surface area contributed by atoms with Crippen LogP contribution < -0.4 is 0 Å². The molecule has 5 nitrogen and oxygen atoms in total. The zero-order chi connectivity index (χ0) is 10.3. The van der Waals surface area contributed by atoms with E-state index in [1.54, 1.807) is 0 Å². The number of methoxy groups -OCH3 is 1. The average molecular weight is 188 g/mol. The molecule has 1 N–H and O–H groups in total. The maximum Gasteiger partial charge on any atom is 0.345 e. The van der Waals surface area contributed by atoms with Crippen molar-refractivity contribution >= 4 is 11.9 Å². The van der Waals surface area contributed by atoms with E-state index >= 15 is 0 Å². The van der Waals surface area contributed by atoms with Gasteiger partial charge in [0.2, 0.25) is 0 Å². The maximum atomic E-state index is 11.0. The Bertz CT molecular complexity index is 219. The molecule has 5 heteroatoms. The minimum Gasteiger partial charge on any atom is -0.477 e. The molecule has 74 valence electrons. The fraction of sp³-hybridized carbons (Fsp3) is 0.500. The second-order valence-electron chi connectivity index (χ2n) is 2.14. The lowest BCUT2D eigenvalue weighted by molar-refractivity contribution is -0.145. The van der Waals surface area contributed by atoms with E-state index in [1.807, 2.05) is 0 Å². The Labute approximate surface area is 75.9 Å². The van der Waals surface area contributed by atoms with Crippen molar-refractivity contribution in [1.82, 2.24) is 0 Å². The van der Waals surface area contributed by atoms with Crippen LogP contribution in [0.1, 0.15) is 6.92 Å². The third kappa shape index (κ3) is 4.27. The van der Waals surface area contributed by atoms with Gasteiger partial charge in [0.1, 0.15) is 12.2 Å². The molecule has 13 heavy (non-hydrogen) atoms. The first-order valence-electron chi connectivity index (χ1n) is 3.69. The number of ether oxygens (including phenoxy) is 2. The van der Waals surface area contributed by atoms with Crippen molar-refractivity contribution < 1.29 is 24.2 Å². The molecule has 0 saturated heterocycles. The summed E-state index contributed by atoms with van der Waals surface area (Å²) in [7, 11) is 1.46. The lowest BCUT2D eigenvalue weighted by Gasteiger charge is -2.03. The summed E-state index contributed by atoms with van der Waals surface area (Å²) in [6.45, 7) is 1.77. The van der Waals surface area contributed by atoms with E-state index in [4.69, 9.17) is 5.11 Å². The van der Waals surface area contributed by atoms with Crippen LogP contribution in [-0.2, 0) is 19.1 Å². The molecule has 0 saturated carbocycles. The van der Waals surface area contributed by atoms with Crippen molar-refractivity contribution in [1.29, 1.82) is 0 Å². The topological polar surface area (TPSA) is 72.8 Å². The van der Waals surface area contributed by atoms with Gasteiger partial charge in [-0.2, -0.15) is 0 Å². The molecule has 0 aliphatic carbocycles. The highest BCUT2D eigenvalue weighted by Crippen LogP contribution is 1.97. The van der Waals surface area contributed by atoms with Gasteiger partial charge >= 0.3 is 11.9 Å².